The molecular weight excluding hydrogens is 317 g/mol. The van der Waals surface area contributed by atoms with Crippen molar-refractivity contribution in [2.24, 2.45) is 0 Å². The zero-order valence-electron chi connectivity index (χ0n) is 11.0. The van der Waals surface area contributed by atoms with Gasteiger partial charge in [-0.2, -0.15) is 0 Å². The van der Waals surface area contributed by atoms with Gasteiger partial charge in [0.05, 0.1) is 19.4 Å². The number of fused-ring (bicyclic) bond motifs is 1. The van der Waals surface area contributed by atoms with Gasteiger partial charge in [-0.3, -0.25) is 4.52 Å². The lowest BCUT2D eigenvalue weighted by Crippen LogP contribution is -2.36. The second-order valence-corrected chi connectivity index (χ2v) is 7.59. The van der Waals surface area contributed by atoms with E-state index in [0.717, 1.165) is 12.8 Å². The summed E-state index contributed by atoms with van der Waals surface area (Å²) in [6.07, 6.45) is 2.48. The maximum Gasteiger partial charge on any atom is 0.383 e. The average Bonchev–Trinajstić information content (AvgIpc) is 3.02. The van der Waals surface area contributed by atoms with Gasteiger partial charge >= 0.3 is 6.80 Å². The van der Waals surface area contributed by atoms with E-state index in [0.29, 0.717) is 24.0 Å². The Bertz CT molecular complexity index is 585. The molecule has 0 aromatic carbocycles. The van der Waals surface area contributed by atoms with E-state index in [4.69, 9.17) is 19.9 Å². The number of nitrogens with two attached hydrogens (primary N) is 1. The van der Waals surface area contributed by atoms with Crippen molar-refractivity contribution in [1.82, 2.24) is 9.97 Å². The molecule has 0 amide bonds. The summed E-state index contributed by atoms with van der Waals surface area (Å²) in [6, 6.07) is 0. The summed E-state index contributed by atoms with van der Waals surface area (Å²) < 4.78 is 21.6. The Hall–Kier alpha value is -1.06. The molecule has 21 heavy (non-hydrogen) atoms. The van der Waals surface area contributed by atoms with E-state index in [1.165, 1.54) is 6.33 Å². The molecule has 11 heteroatoms. The minimum Gasteiger partial charge on any atom is -0.382 e. The SMILES string of the molecule is Nc1ncnc2c1NCN2[C@H]1CC[C@@H](COP(=O)(O)S)O1. The van der Waals surface area contributed by atoms with E-state index in [1.54, 1.807) is 0 Å². The second kappa shape index (κ2) is 5.62. The average molecular weight is 333 g/mol. The molecule has 0 spiro atoms. The van der Waals surface area contributed by atoms with Crippen molar-refractivity contribution in [3.8, 4) is 0 Å². The topological polar surface area (TPSA) is 123 Å². The van der Waals surface area contributed by atoms with Gasteiger partial charge in [-0.15, -0.1) is 0 Å². The minimum absolute atomic E-state index is 0.0355. The van der Waals surface area contributed by atoms with Crippen molar-refractivity contribution < 1.29 is 18.7 Å². The highest BCUT2D eigenvalue weighted by Crippen LogP contribution is 2.47. The largest absolute Gasteiger partial charge is 0.383 e. The normalized spacial score (nSPS) is 27.2. The fourth-order valence-electron chi connectivity index (χ4n) is 2.47. The monoisotopic (exact) mass is 333 g/mol. The molecule has 2 aliphatic heterocycles. The molecule has 0 saturated carbocycles. The Morgan fingerprint density at radius 1 is 1.62 bits per heavy atom. The summed E-state index contributed by atoms with van der Waals surface area (Å²) in [4.78, 5) is 19.1. The van der Waals surface area contributed by atoms with E-state index >= 15 is 0 Å². The van der Waals surface area contributed by atoms with Gasteiger partial charge in [0.2, 0.25) is 0 Å². The molecule has 1 unspecified atom stereocenters. The van der Waals surface area contributed by atoms with Crippen molar-refractivity contribution in [2.75, 3.05) is 29.2 Å². The maximum atomic E-state index is 11.0. The van der Waals surface area contributed by atoms with E-state index < -0.39 is 6.80 Å². The molecule has 3 rings (SSSR count). The van der Waals surface area contributed by atoms with E-state index in [2.05, 4.69) is 27.5 Å². The van der Waals surface area contributed by atoms with Gasteiger partial charge in [0, 0.05) is 0 Å². The van der Waals surface area contributed by atoms with Crippen molar-refractivity contribution in [1.29, 1.82) is 0 Å². The number of nitrogens with zero attached hydrogens (tertiary/aromatic N) is 3. The first-order chi connectivity index (χ1) is 9.94. The molecule has 116 valence electrons. The molecule has 0 aliphatic carbocycles. The third-order valence-corrected chi connectivity index (χ3v) is 4.25. The van der Waals surface area contributed by atoms with Gasteiger partial charge in [0.15, 0.2) is 11.6 Å². The molecule has 0 radical (unpaired) electrons. The summed E-state index contributed by atoms with van der Waals surface area (Å²) >= 11 is 3.47. The first kappa shape index (κ1) is 14.9. The van der Waals surface area contributed by atoms with Gasteiger partial charge in [-0.25, -0.2) is 14.5 Å². The fourth-order valence-corrected chi connectivity index (χ4v) is 3.03. The van der Waals surface area contributed by atoms with Gasteiger partial charge < -0.3 is 25.6 Å². The van der Waals surface area contributed by atoms with Crippen molar-refractivity contribution in [3.05, 3.63) is 6.33 Å². The van der Waals surface area contributed by atoms with Crippen LogP contribution in [0.25, 0.3) is 0 Å². The Morgan fingerprint density at radius 2 is 2.43 bits per heavy atom. The Labute approximate surface area is 126 Å². The van der Waals surface area contributed by atoms with E-state index in [1.807, 2.05) is 4.90 Å². The molecule has 0 bridgehead atoms. The quantitative estimate of drug-likeness (QED) is 0.468. The number of thiol groups is 1. The van der Waals surface area contributed by atoms with Crippen molar-refractivity contribution in [3.63, 3.8) is 0 Å². The fraction of sp³-hybridized carbons (Fsp3) is 0.600. The number of nitrogen functional groups attached to an aromatic ring is 1. The van der Waals surface area contributed by atoms with Crippen LogP contribution in [0.1, 0.15) is 12.8 Å². The molecule has 1 saturated heterocycles. The second-order valence-electron chi connectivity index (χ2n) is 4.84. The Kier molecular flexibility index (Phi) is 3.98. The first-order valence-electron chi connectivity index (χ1n) is 6.40. The minimum atomic E-state index is -3.77. The number of hydrogen-bond acceptors (Lipinski definition) is 8. The van der Waals surface area contributed by atoms with Crippen LogP contribution in [0.5, 0.6) is 0 Å². The predicted octanol–water partition coefficient (Wildman–Crippen LogP) is 0.800. The van der Waals surface area contributed by atoms with Crippen LogP contribution >= 0.6 is 19.0 Å². The van der Waals surface area contributed by atoms with Gasteiger partial charge in [0.25, 0.3) is 0 Å². The zero-order valence-corrected chi connectivity index (χ0v) is 12.8. The summed E-state index contributed by atoms with van der Waals surface area (Å²) in [5, 5.41) is 3.13. The molecule has 9 nitrogen and oxygen atoms in total. The molecule has 1 aromatic heterocycles. The number of aromatic nitrogens is 2. The van der Waals surface area contributed by atoms with Crippen LogP contribution < -0.4 is 16.0 Å². The van der Waals surface area contributed by atoms with E-state index in [-0.39, 0.29) is 18.9 Å². The lowest BCUT2D eigenvalue weighted by molar-refractivity contribution is 0.0165. The van der Waals surface area contributed by atoms with Crippen LogP contribution in [-0.2, 0) is 13.8 Å². The van der Waals surface area contributed by atoms with E-state index in [9.17, 15) is 4.57 Å². The highest BCUT2D eigenvalue weighted by Gasteiger charge is 2.35. The number of hydrogen-bond donors (Lipinski definition) is 4. The van der Waals surface area contributed by atoms with Crippen LogP contribution in [-0.4, -0.2) is 40.5 Å². The third kappa shape index (κ3) is 3.24. The smallest absolute Gasteiger partial charge is 0.382 e. The highest BCUT2D eigenvalue weighted by atomic mass is 32.7. The lowest BCUT2D eigenvalue weighted by atomic mass is 10.2. The van der Waals surface area contributed by atoms with Crippen LogP contribution in [0.3, 0.4) is 0 Å². The number of nitrogens with one attached hydrogen (secondary N) is 1. The molecule has 4 N–H and O–H groups in total. The predicted molar refractivity (Wildman–Crippen MR) is 80.1 cm³/mol. The number of rotatable bonds is 4. The van der Waals surface area contributed by atoms with Crippen LogP contribution in [0.15, 0.2) is 6.33 Å². The van der Waals surface area contributed by atoms with Gasteiger partial charge in [-0.05, 0) is 12.8 Å². The summed E-state index contributed by atoms with van der Waals surface area (Å²) in [5.74, 6) is 1.10. The maximum absolute atomic E-state index is 11.0. The summed E-state index contributed by atoms with van der Waals surface area (Å²) in [5.41, 5.74) is 6.49. The summed E-state index contributed by atoms with van der Waals surface area (Å²) in [7, 11) is 0. The molecule has 3 heterocycles. The third-order valence-electron chi connectivity index (χ3n) is 3.42. The van der Waals surface area contributed by atoms with Gasteiger partial charge in [0.1, 0.15) is 18.2 Å². The summed E-state index contributed by atoms with van der Waals surface area (Å²) in [6.45, 7) is -3.21. The number of anilines is 3. The van der Waals surface area contributed by atoms with Crippen molar-refractivity contribution in [2.45, 2.75) is 25.2 Å². The molecule has 2 aliphatic rings. The first-order valence-corrected chi connectivity index (χ1v) is 9.13. The van der Waals surface area contributed by atoms with Gasteiger partial charge in [-0.1, -0.05) is 12.2 Å². The van der Waals surface area contributed by atoms with Crippen LogP contribution in [0.4, 0.5) is 17.3 Å². The van der Waals surface area contributed by atoms with Crippen LogP contribution in [0.2, 0.25) is 0 Å². The highest BCUT2D eigenvalue weighted by molar-refractivity contribution is 8.44. The lowest BCUT2D eigenvalue weighted by Gasteiger charge is -2.24. The Morgan fingerprint density at radius 3 is 3.19 bits per heavy atom. The molecule has 3 atom stereocenters. The molecular formula is C10H16N5O4PS. The van der Waals surface area contributed by atoms with Crippen molar-refractivity contribution >= 4 is 36.4 Å². The zero-order chi connectivity index (χ0) is 15.0. The number of ether oxygens (including phenoxy) is 1. The molecule has 1 aromatic rings. The Balaban J connectivity index is 1.63. The molecule has 1 fully saturated rings. The standard InChI is InChI=1S/C10H16N5O4PS/c11-9-8-10(13-4-12-9)15(5-14-8)7-2-1-6(19-7)3-18-20(16,17)21/h4,6-7,14H,1-3,5H2,(H2,11,12,13)(H2,16,17,21)/t6-,7+/m0/s1. The van der Waals surface area contributed by atoms with Crippen LogP contribution in [0, 0.1) is 0 Å².